The average molecular weight is 182 g/mol. The SMILES string of the molecule is CCCCCSN[SH](=N)=O. The average Bonchev–Trinajstić information content (AvgIpc) is 1.87. The van der Waals surface area contributed by atoms with Crippen LogP contribution in [-0.4, -0.2) is 9.96 Å². The monoisotopic (exact) mass is 182 g/mol. The van der Waals surface area contributed by atoms with Crippen molar-refractivity contribution in [3.8, 4) is 0 Å². The van der Waals surface area contributed by atoms with Crippen LogP contribution in [0.5, 0.6) is 0 Å². The highest BCUT2D eigenvalue weighted by Crippen LogP contribution is 2.01. The van der Waals surface area contributed by atoms with Crippen LogP contribution in [-0.2, 0) is 10.8 Å². The Balaban J connectivity index is 2.91. The van der Waals surface area contributed by atoms with E-state index in [4.69, 9.17) is 4.78 Å². The number of unbranched alkanes of at least 4 members (excludes halogenated alkanes) is 2. The first-order chi connectivity index (χ1) is 4.77. The molecule has 0 fully saturated rings. The molecule has 0 radical (unpaired) electrons. The van der Waals surface area contributed by atoms with Crippen LogP contribution in [0, 0.1) is 4.78 Å². The first kappa shape index (κ1) is 10.3. The van der Waals surface area contributed by atoms with E-state index in [1.165, 1.54) is 24.8 Å². The van der Waals surface area contributed by atoms with Gasteiger partial charge in [-0.25, -0.2) is 8.99 Å². The van der Waals surface area contributed by atoms with Gasteiger partial charge < -0.3 is 0 Å². The number of rotatable bonds is 6. The lowest BCUT2D eigenvalue weighted by atomic mass is 10.3. The second kappa shape index (κ2) is 7.37. The molecule has 10 heavy (non-hydrogen) atoms. The number of hydrogen-bond donors (Lipinski definition) is 3. The molecule has 0 spiro atoms. The van der Waals surface area contributed by atoms with Crippen molar-refractivity contribution in [1.82, 2.24) is 4.13 Å². The van der Waals surface area contributed by atoms with Crippen molar-refractivity contribution in [1.29, 1.82) is 4.78 Å². The molecule has 62 valence electrons. The topological polar surface area (TPSA) is 53.0 Å². The van der Waals surface area contributed by atoms with Crippen LogP contribution in [0.3, 0.4) is 0 Å². The van der Waals surface area contributed by atoms with Crippen LogP contribution < -0.4 is 4.13 Å². The van der Waals surface area contributed by atoms with Crippen molar-refractivity contribution in [2.45, 2.75) is 26.2 Å². The molecule has 3 nitrogen and oxygen atoms in total. The summed E-state index contributed by atoms with van der Waals surface area (Å²) in [7, 11) is -1.91. The lowest BCUT2D eigenvalue weighted by molar-refractivity contribution is 0.686. The summed E-state index contributed by atoms with van der Waals surface area (Å²) in [5, 5.41) is 0. The standard InChI is InChI=1S/C5H14N2OS2/c1-2-3-4-5-9-7-10(6)8/h10H,2-5H2,1H3,(H2,6,7,8). The van der Waals surface area contributed by atoms with E-state index in [0.717, 1.165) is 12.2 Å². The molecule has 0 saturated heterocycles. The summed E-state index contributed by atoms with van der Waals surface area (Å²) in [4.78, 5) is 0. The summed E-state index contributed by atoms with van der Waals surface area (Å²) in [6, 6.07) is 0. The van der Waals surface area contributed by atoms with Gasteiger partial charge in [-0.3, -0.25) is 0 Å². The van der Waals surface area contributed by atoms with Gasteiger partial charge in [0.1, 0.15) is 10.8 Å². The second-order valence-corrected chi connectivity index (χ2v) is 3.96. The van der Waals surface area contributed by atoms with E-state index >= 15 is 0 Å². The third-order valence-corrected chi connectivity index (χ3v) is 2.67. The molecule has 0 saturated carbocycles. The number of thiol groups is 1. The van der Waals surface area contributed by atoms with Crippen molar-refractivity contribution >= 4 is 22.7 Å². The fourth-order valence-electron chi connectivity index (χ4n) is 0.529. The van der Waals surface area contributed by atoms with Gasteiger partial charge in [0, 0.05) is 5.75 Å². The smallest absolute Gasteiger partial charge is 0.103 e. The summed E-state index contributed by atoms with van der Waals surface area (Å²) in [5.41, 5.74) is 0. The van der Waals surface area contributed by atoms with E-state index in [9.17, 15) is 4.21 Å². The number of hydrogen-bond acceptors (Lipinski definition) is 3. The van der Waals surface area contributed by atoms with Gasteiger partial charge in [-0.1, -0.05) is 31.7 Å². The van der Waals surface area contributed by atoms with Crippen LogP contribution in [0.2, 0.25) is 0 Å². The minimum absolute atomic E-state index is 0.952. The zero-order chi connectivity index (χ0) is 7.82. The Labute approximate surface area is 68.2 Å². The molecule has 0 aliphatic carbocycles. The van der Waals surface area contributed by atoms with E-state index in [-0.39, 0.29) is 0 Å². The van der Waals surface area contributed by atoms with Crippen molar-refractivity contribution in [3.63, 3.8) is 0 Å². The summed E-state index contributed by atoms with van der Waals surface area (Å²) >= 11 is 1.38. The number of nitrogens with one attached hydrogen (secondary N) is 2. The third-order valence-electron chi connectivity index (χ3n) is 0.997. The highest BCUT2D eigenvalue weighted by atomic mass is 32.2. The van der Waals surface area contributed by atoms with Crippen molar-refractivity contribution < 1.29 is 4.21 Å². The molecule has 0 rings (SSSR count). The molecule has 0 aliphatic rings. The van der Waals surface area contributed by atoms with Crippen LogP contribution in [0.25, 0.3) is 0 Å². The lowest BCUT2D eigenvalue weighted by Gasteiger charge is -1.95. The Bertz CT molecular complexity index is 128. The maximum absolute atomic E-state index is 10.2. The Kier molecular flexibility index (Phi) is 7.56. The van der Waals surface area contributed by atoms with Gasteiger partial charge in [0.05, 0.1) is 0 Å². The maximum Gasteiger partial charge on any atom is 0.103 e. The summed E-state index contributed by atoms with van der Waals surface area (Å²) in [6.07, 6.45) is 3.55. The Morgan fingerprint density at radius 2 is 2.30 bits per heavy atom. The van der Waals surface area contributed by atoms with Crippen LogP contribution in [0.15, 0.2) is 0 Å². The Hall–Kier alpha value is 0.260. The Morgan fingerprint density at radius 3 is 2.80 bits per heavy atom. The van der Waals surface area contributed by atoms with E-state index in [1.807, 2.05) is 0 Å². The molecular formula is C5H14N2OS2. The first-order valence-corrected chi connectivity index (χ1v) is 5.57. The predicted octanol–water partition coefficient (Wildman–Crippen LogP) is 1.57. The minimum atomic E-state index is -1.91. The van der Waals surface area contributed by atoms with E-state index < -0.39 is 10.8 Å². The van der Waals surface area contributed by atoms with E-state index in [0.29, 0.717) is 0 Å². The normalized spacial score (nSPS) is 13.3. The zero-order valence-corrected chi connectivity index (χ0v) is 7.80. The molecule has 1 unspecified atom stereocenters. The molecule has 0 aromatic heterocycles. The zero-order valence-electron chi connectivity index (χ0n) is 6.09. The van der Waals surface area contributed by atoms with Gasteiger partial charge in [0.2, 0.25) is 0 Å². The summed E-state index contributed by atoms with van der Waals surface area (Å²) in [6.45, 7) is 2.14. The molecular weight excluding hydrogens is 168 g/mol. The summed E-state index contributed by atoms with van der Waals surface area (Å²) < 4.78 is 19.3. The van der Waals surface area contributed by atoms with E-state index in [2.05, 4.69) is 11.1 Å². The molecule has 2 N–H and O–H groups in total. The molecule has 5 heteroatoms. The summed E-state index contributed by atoms with van der Waals surface area (Å²) in [5.74, 6) is 0.952. The molecule has 0 aromatic rings. The molecule has 1 atom stereocenters. The quantitative estimate of drug-likeness (QED) is 0.332. The predicted molar refractivity (Wildman–Crippen MR) is 47.4 cm³/mol. The Morgan fingerprint density at radius 1 is 1.60 bits per heavy atom. The second-order valence-electron chi connectivity index (χ2n) is 1.94. The lowest BCUT2D eigenvalue weighted by Crippen LogP contribution is -1.98. The highest BCUT2D eigenvalue weighted by Gasteiger charge is 1.86. The molecule has 0 bridgehead atoms. The van der Waals surface area contributed by atoms with Crippen LogP contribution in [0.1, 0.15) is 26.2 Å². The minimum Gasteiger partial charge on any atom is -0.242 e. The maximum atomic E-state index is 10.2. The fraction of sp³-hybridized carbons (Fsp3) is 1.00. The van der Waals surface area contributed by atoms with Gasteiger partial charge in [-0.05, 0) is 6.42 Å². The van der Waals surface area contributed by atoms with Crippen LogP contribution in [0.4, 0.5) is 0 Å². The van der Waals surface area contributed by atoms with Crippen molar-refractivity contribution in [3.05, 3.63) is 0 Å². The van der Waals surface area contributed by atoms with Gasteiger partial charge in [-0.15, -0.1) is 0 Å². The highest BCUT2D eigenvalue weighted by molar-refractivity contribution is 8.04. The van der Waals surface area contributed by atoms with Crippen molar-refractivity contribution in [2.75, 3.05) is 5.75 Å². The first-order valence-electron chi connectivity index (χ1n) is 3.33. The van der Waals surface area contributed by atoms with Crippen molar-refractivity contribution in [2.24, 2.45) is 0 Å². The van der Waals surface area contributed by atoms with E-state index in [1.54, 1.807) is 0 Å². The van der Waals surface area contributed by atoms with Gasteiger partial charge >= 0.3 is 0 Å². The van der Waals surface area contributed by atoms with Gasteiger partial charge in [0.15, 0.2) is 0 Å². The van der Waals surface area contributed by atoms with Gasteiger partial charge in [-0.2, -0.15) is 4.13 Å². The van der Waals surface area contributed by atoms with Gasteiger partial charge in [0.25, 0.3) is 0 Å². The molecule has 0 aromatic carbocycles. The third kappa shape index (κ3) is 8.26. The molecule has 0 heterocycles. The molecule has 0 aliphatic heterocycles. The van der Waals surface area contributed by atoms with Crippen LogP contribution >= 0.6 is 11.9 Å². The molecule has 0 amide bonds. The largest absolute Gasteiger partial charge is 0.242 e. The fourth-order valence-corrected chi connectivity index (χ4v) is 1.71.